The Morgan fingerprint density at radius 2 is 1.94 bits per heavy atom. The SMILES string of the molecule is CC(C)CCC[C@@](C)(O)c1ccc(CO)cc1O. The summed E-state index contributed by atoms with van der Waals surface area (Å²) in [6.45, 7) is 5.93. The fourth-order valence-electron chi connectivity index (χ4n) is 2.12. The largest absolute Gasteiger partial charge is 0.508 e. The number of hydrogen-bond acceptors (Lipinski definition) is 3. The van der Waals surface area contributed by atoms with Crippen molar-refractivity contribution in [3.8, 4) is 5.75 Å². The molecule has 0 heterocycles. The summed E-state index contributed by atoms with van der Waals surface area (Å²) in [6, 6.07) is 4.93. The fraction of sp³-hybridized carbons (Fsp3) is 0.600. The van der Waals surface area contributed by atoms with E-state index in [0.717, 1.165) is 12.8 Å². The third-order valence-corrected chi connectivity index (χ3v) is 3.27. The highest BCUT2D eigenvalue weighted by molar-refractivity contribution is 5.39. The molecule has 0 fully saturated rings. The van der Waals surface area contributed by atoms with E-state index in [1.54, 1.807) is 19.1 Å². The van der Waals surface area contributed by atoms with Crippen molar-refractivity contribution in [3.63, 3.8) is 0 Å². The Kier molecular flexibility index (Phi) is 5.17. The van der Waals surface area contributed by atoms with Crippen LogP contribution in [-0.4, -0.2) is 15.3 Å². The van der Waals surface area contributed by atoms with Crippen molar-refractivity contribution in [2.45, 2.75) is 52.2 Å². The summed E-state index contributed by atoms with van der Waals surface area (Å²) in [7, 11) is 0. The molecule has 0 aliphatic carbocycles. The average Bonchev–Trinajstić information content (AvgIpc) is 2.27. The third-order valence-electron chi connectivity index (χ3n) is 3.27. The first-order chi connectivity index (χ1) is 8.36. The Labute approximate surface area is 109 Å². The molecule has 0 aliphatic heterocycles. The summed E-state index contributed by atoms with van der Waals surface area (Å²) >= 11 is 0. The highest BCUT2D eigenvalue weighted by Gasteiger charge is 2.25. The van der Waals surface area contributed by atoms with Gasteiger partial charge in [-0.15, -0.1) is 0 Å². The van der Waals surface area contributed by atoms with Crippen LogP contribution < -0.4 is 0 Å². The molecule has 1 aromatic rings. The maximum absolute atomic E-state index is 10.4. The zero-order chi connectivity index (χ0) is 13.8. The van der Waals surface area contributed by atoms with Gasteiger partial charge in [-0.05, 0) is 37.3 Å². The van der Waals surface area contributed by atoms with E-state index in [-0.39, 0.29) is 12.4 Å². The number of aliphatic hydroxyl groups excluding tert-OH is 1. The van der Waals surface area contributed by atoms with Crippen molar-refractivity contribution in [3.05, 3.63) is 29.3 Å². The number of phenolic OH excluding ortho intramolecular Hbond substituents is 1. The summed E-state index contributed by atoms with van der Waals surface area (Å²) in [5.74, 6) is 0.669. The first-order valence-electron chi connectivity index (χ1n) is 6.52. The normalized spacial score (nSPS) is 14.8. The molecule has 18 heavy (non-hydrogen) atoms. The lowest BCUT2D eigenvalue weighted by Gasteiger charge is -2.25. The van der Waals surface area contributed by atoms with Crippen LogP contribution in [0.1, 0.15) is 51.2 Å². The van der Waals surface area contributed by atoms with Gasteiger partial charge in [0.1, 0.15) is 5.75 Å². The lowest BCUT2D eigenvalue weighted by atomic mass is 9.88. The van der Waals surface area contributed by atoms with Gasteiger partial charge in [0, 0.05) is 5.56 Å². The van der Waals surface area contributed by atoms with Crippen LogP contribution in [0.4, 0.5) is 0 Å². The van der Waals surface area contributed by atoms with E-state index >= 15 is 0 Å². The Balaban J connectivity index is 2.77. The van der Waals surface area contributed by atoms with Gasteiger partial charge in [0.2, 0.25) is 0 Å². The molecule has 1 rings (SSSR count). The van der Waals surface area contributed by atoms with Gasteiger partial charge in [0.25, 0.3) is 0 Å². The minimum Gasteiger partial charge on any atom is -0.508 e. The van der Waals surface area contributed by atoms with Crippen molar-refractivity contribution in [2.75, 3.05) is 0 Å². The molecule has 0 unspecified atom stereocenters. The highest BCUT2D eigenvalue weighted by atomic mass is 16.3. The van der Waals surface area contributed by atoms with E-state index in [1.165, 1.54) is 6.07 Å². The zero-order valence-corrected chi connectivity index (χ0v) is 11.5. The first kappa shape index (κ1) is 15.0. The molecule has 1 aromatic carbocycles. The number of aromatic hydroxyl groups is 1. The van der Waals surface area contributed by atoms with Crippen LogP contribution in [0.25, 0.3) is 0 Å². The van der Waals surface area contributed by atoms with Gasteiger partial charge in [-0.1, -0.05) is 32.4 Å². The minimum atomic E-state index is -1.02. The van der Waals surface area contributed by atoms with E-state index in [2.05, 4.69) is 13.8 Å². The zero-order valence-electron chi connectivity index (χ0n) is 11.5. The summed E-state index contributed by atoms with van der Waals surface area (Å²) in [6.07, 6.45) is 2.61. The molecule has 0 amide bonds. The molecular formula is C15H24O3. The van der Waals surface area contributed by atoms with Crippen molar-refractivity contribution in [1.29, 1.82) is 0 Å². The predicted octanol–water partition coefficient (Wildman–Crippen LogP) is 2.92. The second-order valence-electron chi connectivity index (χ2n) is 5.57. The topological polar surface area (TPSA) is 60.7 Å². The van der Waals surface area contributed by atoms with Crippen molar-refractivity contribution in [2.24, 2.45) is 5.92 Å². The molecule has 0 saturated carbocycles. The van der Waals surface area contributed by atoms with E-state index in [1.807, 2.05) is 0 Å². The Hall–Kier alpha value is -1.06. The van der Waals surface area contributed by atoms with E-state index in [4.69, 9.17) is 5.11 Å². The van der Waals surface area contributed by atoms with Crippen LogP contribution in [0.15, 0.2) is 18.2 Å². The molecule has 0 radical (unpaired) electrons. The fourth-order valence-corrected chi connectivity index (χ4v) is 2.12. The number of hydrogen-bond donors (Lipinski definition) is 3. The molecule has 3 nitrogen and oxygen atoms in total. The summed E-state index contributed by atoms with van der Waals surface area (Å²) < 4.78 is 0. The predicted molar refractivity (Wildman–Crippen MR) is 72.3 cm³/mol. The summed E-state index contributed by atoms with van der Waals surface area (Å²) in [4.78, 5) is 0. The quantitative estimate of drug-likeness (QED) is 0.729. The Bertz CT molecular complexity index is 383. The van der Waals surface area contributed by atoms with Gasteiger partial charge in [-0.3, -0.25) is 0 Å². The molecule has 0 spiro atoms. The van der Waals surface area contributed by atoms with Crippen molar-refractivity contribution < 1.29 is 15.3 Å². The van der Waals surface area contributed by atoms with Crippen LogP contribution in [0.3, 0.4) is 0 Å². The van der Waals surface area contributed by atoms with Crippen LogP contribution >= 0.6 is 0 Å². The average molecular weight is 252 g/mol. The van der Waals surface area contributed by atoms with Crippen LogP contribution in [0, 0.1) is 5.92 Å². The van der Waals surface area contributed by atoms with Gasteiger partial charge in [0.05, 0.1) is 12.2 Å². The Morgan fingerprint density at radius 3 is 2.44 bits per heavy atom. The first-order valence-corrected chi connectivity index (χ1v) is 6.52. The van der Waals surface area contributed by atoms with Crippen LogP contribution in [-0.2, 0) is 12.2 Å². The summed E-state index contributed by atoms with van der Waals surface area (Å²) in [5, 5.41) is 29.3. The highest BCUT2D eigenvalue weighted by Crippen LogP contribution is 2.34. The minimum absolute atomic E-state index is 0.0519. The second-order valence-corrected chi connectivity index (χ2v) is 5.57. The lowest BCUT2D eigenvalue weighted by molar-refractivity contribution is 0.0417. The molecule has 1 atom stereocenters. The van der Waals surface area contributed by atoms with E-state index < -0.39 is 5.60 Å². The number of phenols is 1. The molecule has 0 bridgehead atoms. The van der Waals surface area contributed by atoms with Gasteiger partial charge in [0.15, 0.2) is 0 Å². The molecule has 0 aliphatic rings. The van der Waals surface area contributed by atoms with Gasteiger partial charge >= 0.3 is 0 Å². The van der Waals surface area contributed by atoms with Gasteiger partial charge < -0.3 is 15.3 Å². The van der Waals surface area contributed by atoms with Gasteiger partial charge in [-0.25, -0.2) is 0 Å². The second kappa shape index (κ2) is 6.21. The van der Waals surface area contributed by atoms with Gasteiger partial charge in [-0.2, -0.15) is 0 Å². The maximum Gasteiger partial charge on any atom is 0.122 e. The lowest BCUT2D eigenvalue weighted by Crippen LogP contribution is -2.21. The molecule has 102 valence electrons. The third kappa shape index (κ3) is 4.00. The smallest absolute Gasteiger partial charge is 0.122 e. The van der Waals surface area contributed by atoms with Crippen molar-refractivity contribution >= 4 is 0 Å². The number of rotatable bonds is 6. The molecule has 0 aromatic heterocycles. The maximum atomic E-state index is 10.4. The molecule has 3 heteroatoms. The Morgan fingerprint density at radius 1 is 1.28 bits per heavy atom. The number of benzene rings is 1. The van der Waals surface area contributed by atoms with Crippen LogP contribution in [0.5, 0.6) is 5.75 Å². The molecule has 0 saturated heterocycles. The summed E-state index contributed by atoms with van der Waals surface area (Å²) in [5.41, 5.74) is 0.158. The standard InChI is InChI=1S/C15H24O3/c1-11(2)5-4-8-15(3,18)13-7-6-12(10-16)9-14(13)17/h6-7,9,11,16-18H,4-5,8,10H2,1-3H3/t15-/m1/s1. The molecule has 3 N–H and O–H groups in total. The van der Waals surface area contributed by atoms with Crippen molar-refractivity contribution in [1.82, 2.24) is 0 Å². The molecular weight excluding hydrogens is 228 g/mol. The van der Waals surface area contributed by atoms with Crippen LogP contribution in [0.2, 0.25) is 0 Å². The van der Waals surface area contributed by atoms with E-state index in [0.29, 0.717) is 23.5 Å². The van der Waals surface area contributed by atoms with E-state index in [9.17, 15) is 10.2 Å². The monoisotopic (exact) mass is 252 g/mol. The number of aliphatic hydroxyl groups is 2.